The third-order valence-corrected chi connectivity index (χ3v) is 2.47. The number of carbonyl (C=O) groups excluding carboxylic acids is 2. The van der Waals surface area contributed by atoms with Crippen LogP contribution < -0.4 is 5.32 Å². The van der Waals surface area contributed by atoms with Crippen LogP contribution in [0.25, 0.3) is 0 Å². The molecule has 0 unspecified atom stereocenters. The first kappa shape index (κ1) is 14.9. The maximum Gasteiger partial charge on any atom is 0.225 e. The van der Waals surface area contributed by atoms with Crippen LogP contribution in [0.3, 0.4) is 0 Å². The van der Waals surface area contributed by atoms with Crippen molar-refractivity contribution in [3.63, 3.8) is 0 Å². The van der Waals surface area contributed by atoms with Gasteiger partial charge in [0.05, 0.1) is 0 Å². The van der Waals surface area contributed by atoms with Crippen LogP contribution in [0.2, 0.25) is 0 Å². The van der Waals surface area contributed by atoms with E-state index >= 15 is 0 Å². The van der Waals surface area contributed by atoms with Gasteiger partial charge in [0.15, 0.2) is 0 Å². The maximum atomic E-state index is 11.6. The molecule has 0 heterocycles. The largest absolute Gasteiger partial charge is 0.355 e. The van der Waals surface area contributed by atoms with Gasteiger partial charge in [-0.15, -0.1) is 0 Å². The molecule has 0 aliphatic heterocycles. The molecule has 16 heavy (non-hydrogen) atoms. The van der Waals surface area contributed by atoms with Crippen molar-refractivity contribution in [1.82, 2.24) is 10.2 Å². The highest BCUT2D eigenvalue weighted by atomic mass is 16.2. The third-order valence-electron chi connectivity index (χ3n) is 2.47. The van der Waals surface area contributed by atoms with Gasteiger partial charge in [-0.2, -0.15) is 0 Å². The highest BCUT2D eigenvalue weighted by Gasteiger charge is 2.21. The van der Waals surface area contributed by atoms with Crippen LogP contribution in [-0.2, 0) is 9.59 Å². The second kappa shape index (κ2) is 5.87. The lowest BCUT2D eigenvalue weighted by atomic mass is 9.96. The molecule has 0 bridgehead atoms. The minimum absolute atomic E-state index is 0.0208. The maximum absolute atomic E-state index is 11.6. The molecule has 0 saturated carbocycles. The molecule has 0 aromatic heterocycles. The summed E-state index contributed by atoms with van der Waals surface area (Å²) < 4.78 is 0. The molecule has 0 radical (unpaired) electrons. The Morgan fingerprint density at radius 2 is 1.75 bits per heavy atom. The second-order valence-corrected chi connectivity index (χ2v) is 5.35. The zero-order valence-electron chi connectivity index (χ0n) is 11.3. The zero-order chi connectivity index (χ0) is 12.9. The van der Waals surface area contributed by atoms with E-state index in [4.69, 9.17) is 0 Å². The molecule has 0 aromatic carbocycles. The van der Waals surface area contributed by atoms with Crippen molar-refractivity contribution in [1.29, 1.82) is 0 Å². The van der Waals surface area contributed by atoms with Gasteiger partial charge in [0, 0.05) is 31.5 Å². The summed E-state index contributed by atoms with van der Waals surface area (Å²) in [6, 6.07) is 0.200. The molecule has 0 aromatic rings. The zero-order valence-corrected chi connectivity index (χ0v) is 11.3. The van der Waals surface area contributed by atoms with Crippen molar-refractivity contribution in [3.8, 4) is 0 Å². The van der Waals surface area contributed by atoms with Gasteiger partial charge in [0.25, 0.3) is 0 Å². The summed E-state index contributed by atoms with van der Waals surface area (Å²) in [6.45, 7) is 9.89. The number of amides is 2. The lowest BCUT2D eigenvalue weighted by molar-refractivity contribution is -0.131. The van der Waals surface area contributed by atoms with Gasteiger partial charge in [0.2, 0.25) is 11.8 Å². The lowest BCUT2D eigenvalue weighted by Gasteiger charge is -2.22. The number of hydrogen-bond acceptors (Lipinski definition) is 2. The number of hydrogen-bond donors (Lipinski definition) is 1. The number of nitrogens with zero attached hydrogens (tertiary/aromatic N) is 1. The summed E-state index contributed by atoms with van der Waals surface area (Å²) in [7, 11) is 1.78. The summed E-state index contributed by atoms with van der Waals surface area (Å²) >= 11 is 0. The molecule has 0 spiro atoms. The van der Waals surface area contributed by atoms with E-state index in [-0.39, 0.29) is 17.9 Å². The van der Waals surface area contributed by atoms with E-state index in [0.29, 0.717) is 13.0 Å². The molecule has 94 valence electrons. The number of nitrogens with one attached hydrogen (secondary N) is 1. The highest BCUT2D eigenvalue weighted by molar-refractivity contribution is 5.82. The fourth-order valence-corrected chi connectivity index (χ4v) is 1.01. The molecule has 1 N–H and O–H groups in total. The molecule has 2 amide bonds. The van der Waals surface area contributed by atoms with Crippen LogP contribution in [-0.4, -0.2) is 36.3 Å². The normalized spacial score (nSPS) is 11.4. The molecular formula is C12H24N2O2. The summed E-state index contributed by atoms with van der Waals surface area (Å²) in [5.41, 5.74) is -0.396. The van der Waals surface area contributed by atoms with Gasteiger partial charge in [-0.3, -0.25) is 9.59 Å². The summed E-state index contributed by atoms with van der Waals surface area (Å²) in [5.74, 6) is 0.0386. The monoisotopic (exact) mass is 228 g/mol. The molecule has 0 aliphatic carbocycles. The standard InChI is InChI=1S/C12H24N2O2/c1-9(2)14(6)10(15)7-8-13-11(16)12(3,4)5/h9H,7-8H2,1-6H3,(H,13,16). The SMILES string of the molecule is CC(C)N(C)C(=O)CCNC(=O)C(C)(C)C. The van der Waals surface area contributed by atoms with Gasteiger partial charge in [-0.25, -0.2) is 0 Å². The van der Waals surface area contributed by atoms with Crippen LogP contribution in [0.15, 0.2) is 0 Å². The summed E-state index contributed by atoms with van der Waals surface area (Å²) in [5, 5.41) is 2.76. The van der Waals surface area contributed by atoms with Gasteiger partial charge in [-0.05, 0) is 13.8 Å². The van der Waals surface area contributed by atoms with E-state index in [1.807, 2.05) is 34.6 Å². The van der Waals surface area contributed by atoms with Crippen LogP contribution in [0.5, 0.6) is 0 Å². The Hall–Kier alpha value is -1.06. The quantitative estimate of drug-likeness (QED) is 0.791. The molecule has 0 rings (SSSR count). The fourth-order valence-electron chi connectivity index (χ4n) is 1.01. The van der Waals surface area contributed by atoms with Crippen molar-refractivity contribution in [2.45, 2.75) is 47.1 Å². The molecular weight excluding hydrogens is 204 g/mol. The molecule has 0 atom stereocenters. The molecule has 0 fully saturated rings. The Labute approximate surface area is 98.4 Å². The predicted molar refractivity (Wildman–Crippen MR) is 65.0 cm³/mol. The molecule has 4 heteroatoms. The van der Waals surface area contributed by atoms with Crippen molar-refractivity contribution in [3.05, 3.63) is 0 Å². The van der Waals surface area contributed by atoms with Crippen molar-refractivity contribution >= 4 is 11.8 Å². The van der Waals surface area contributed by atoms with Crippen LogP contribution in [0, 0.1) is 5.41 Å². The first-order valence-corrected chi connectivity index (χ1v) is 5.70. The molecule has 0 aliphatic rings. The van der Waals surface area contributed by atoms with Crippen LogP contribution >= 0.6 is 0 Å². The Bertz CT molecular complexity index is 254. The first-order valence-electron chi connectivity index (χ1n) is 5.70. The van der Waals surface area contributed by atoms with E-state index in [2.05, 4.69) is 5.32 Å². The first-order chi connectivity index (χ1) is 7.16. The van der Waals surface area contributed by atoms with Gasteiger partial charge in [0.1, 0.15) is 0 Å². The van der Waals surface area contributed by atoms with Gasteiger partial charge >= 0.3 is 0 Å². The Kier molecular flexibility index (Phi) is 5.48. The lowest BCUT2D eigenvalue weighted by Crippen LogP contribution is -2.39. The van der Waals surface area contributed by atoms with Crippen LogP contribution in [0.4, 0.5) is 0 Å². The van der Waals surface area contributed by atoms with E-state index < -0.39 is 5.41 Å². The van der Waals surface area contributed by atoms with E-state index in [1.165, 1.54) is 0 Å². The highest BCUT2D eigenvalue weighted by Crippen LogP contribution is 2.12. The summed E-state index contributed by atoms with van der Waals surface area (Å²) in [4.78, 5) is 24.8. The average Bonchev–Trinajstić information content (AvgIpc) is 2.14. The Morgan fingerprint density at radius 1 is 1.25 bits per heavy atom. The third kappa shape index (κ3) is 5.14. The molecule has 4 nitrogen and oxygen atoms in total. The van der Waals surface area contributed by atoms with Crippen molar-refractivity contribution in [2.24, 2.45) is 5.41 Å². The van der Waals surface area contributed by atoms with Crippen molar-refractivity contribution in [2.75, 3.05) is 13.6 Å². The van der Waals surface area contributed by atoms with E-state index in [0.717, 1.165) is 0 Å². The van der Waals surface area contributed by atoms with Gasteiger partial charge < -0.3 is 10.2 Å². The summed E-state index contributed by atoms with van der Waals surface area (Å²) in [6.07, 6.45) is 0.358. The van der Waals surface area contributed by atoms with Gasteiger partial charge in [-0.1, -0.05) is 20.8 Å². The van der Waals surface area contributed by atoms with Crippen LogP contribution in [0.1, 0.15) is 41.0 Å². The molecule has 0 saturated heterocycles. The fraction of sp³-hybridized carbons (Fsp3) is 0.833. The minimum Gasteiger partial charge on any atom is -0.355 e. The second-order valence-electron chi connectivity index (χ2n) is 5.35. The average molecular weight is 228 g/mol. The van der Waals surface area contributed by atoms with E-state index in [9.17, 15) is 9.59 Å². The Balaban J connectivity index is 3.92. The number of rotatable bonds is 4. The predicted octanol–water partition coefficient (Wildman–Crippen LogP) is 1.41. The van der Waals surface area contributed by atoms with E-state index in [1.54, 1.807) is 11.9 Å². The topological polar surface area (TPSA) is 49.4 Å². The minimum atomic E-state index is -0.396. The Morgan fingerprint density at radius 3 is 2.12 bits per heavy atom. The number of carbonyl (C=O) groups is 2. The van der Waals surface area contributed by atoms with Crippen molar-refractivity contribution < 1.29 is 9.59 Å². The smallest absolute Gasteiger partial charge is 0.225 e.